The predicted octanol–water partition coefficient (Wildman–Crippen LogP) is 3.02. The molecule has 2 aromatic carbocycles. The third-order valence-corrected chi connectivity index (χ3v) is 9.61. The van der Waals surface area contributed by atoms with Gasteiger partial charge in [-0.2, -0.15) is 0 Å². The summed E-state index contributed by atoms with van der Waals surface area (Å²) >= 11 is 0. The lowest BCUT2D eigenvalue weighted by Gasteiger charge is -2.30. The van der Waals surface area contributed by atoms with Crippen molar-refractivity contribution in [1.82, 2.24) is 10.6 Å². The SMILES string of the molecule is O=C(CCNC(=O)C1=CC2OC3(Cc4ccccc4C3)OC2C(OC(=O)c2ccccc2C=CC2CCC3OC3C2)C1)NCCO. The normalized spacial score (nSPS) is 28.6. The maximum absolute atomic E-state index is 13.8. The summed E-state index contributed by atoms with van der Waals surface area (Å²) in [6.07, 6.45) is 9.30. The van der Waals surface area contributed by atoms with Gasteiger partial charge in [0.05, 0.1) is 24.4 Å². The summed E-state index contributed by atoms with van der Waals surface area (Å²) in [4.78, 5) is 39.0. The maximum Gasteiger partial charge on any atom is 0.339 e. The number of nitrogens with one attached hydrogen (secondary N) is 2. The topological polar surface area (TPSA) is 136 Å². The number of allylic oxidation sites excluding steroid dienone is 1. The van der Waals surface area contributed by atoms with Crippen LogP contribution in [0.15, 0.2) is 66.3 Å². The molecule has 0 radical (unpaired) electrons. The highest BCUT2D eigenvalue weighted by Crippen LogP contribution is 2.45. The van der Waals surface area contributed by atoms with Crippen LogP contribution < -0.4 is 10.6 Å². The lowest BCUT2D eigenvalue weighted by Crippen LogP contribution is -2.44. The van der Waals surface area contributed by atoms with E-state index in [9.17, 15) is 14.4 Å². The average molecular weight is 629 g/mol. The maximum atomic E-state index is 13.8. The summed E-state index contributed by atoms with van der Waals surface area (Å²) < 4.78 is 25.0. The van der Waals surface area contributed by atoms with Gasteiger partial charge in [-0.25, -0.2) is 4.79 Å². The minimum Gasteiger partial charge on any atom is -0.456 e. The molecule has 10 nitrogen and oxygen atoms in total. The summed E-state index contributed by atoms with van der Waals surface area (Å²) in [5.41, 5.74) is 3.94. The van der Waals surface area contributed by atoms with Gasteiger partial charge in [0.1, 0.15) is 18.3 Å². The fourth-order valence-corrected chi connectivity index (χ4v) is 7.23. The third-order valence-electron chi connectivity index (χ3n) is 9.61. The van der Waals surface area contributed by atoms with Crippen LogP contribution in [0.5, 0.6) is 0 Å². The van der Waals surface area contributed by atoms with Gasteiger partial charge in [-0.1, -0.05) is 54.6 Å². The first-order valence-electron chi connectivity index (χ1n) is 16.3. The van der Waals surface area contributed by atoms with Gasteiger partial charge in [-0.15, -0.1) is 0 Å². The minimum absolute atomic E-state index is 0.0733. The number of rotatable bonds is 10. The van der Waals surface area contributed by atoms with Crippen LogP contribution in [0.2, 0.25) is 0 Å². The third kappa shape index (κ3) is 6.66. The molecule has 5 aliphatic rings. The van der Waals surface area contributed by atoms with Crippen molar-refractivity contribution in [3.8, 4) is 0 Å². The summed E-state index contributed by atoms with van der Waals surface area (Å²) in [7, 11) is 0. The van der Waals surface area contributed by atoms with Crippen molar-refractivity contribution < 1.29 is 38.4 Å². The van der Waals surface area contributed by atoms with Crippen LogP contribution in [0.25, 0.3) is 6.08 Å². The van der Waals surface area contributed by atoms with Crippen LogP contribution in [0, 0.1) is 5.92 Å². The Hall–Kier alpha value is -3.83. The van der Waals surface area contributed by atoms with Crippen LogP contribution >= 0.6 is 0 Å². The van der Waals surface area contributed by atoms with Gasteiger partial charge in [0.2, 0.25) is 11.8 Å². The number of amides is 2. The van der Waals surface area contributed by atoms with Crippen molar-refractivity contribution in [3.63, 3.8) is 0 Å². The van der Waals surface area contributed by atoms with E-state index in [1.54, 1.807) is 12.1 Å². The van der Waals surface area contributed by atoms with Gasteiger partial charge in [-0.3, -0.25) is 9.59 Å². The smallest absolute Gasteiger partial charge is 0.339 e. The summed E-state index contributed by atoms with van der Waals surface area (Å²) in [5, 5.41) is 14.3. The van der Waals surface area contributed by atoms with Crippen molar-refractivity contribution in [1.29, 1.82) is 0 Å². The predicted molar refractivity (Wildman–Crippen MR) is 167 cm³/mol. The molecule has 2 heterocycles. The molecule has 10 heteroatoms. The Morgan fingerprint density at radius 2 is 1.74 bits per heavy atom. The molecule has 242 valence electrons. The van der Waals surface area contributed by atoms with E-state index < -0.39 is 30.1 Å². The zero-order chi connectivity index (χ0) is 31.7. The molecule has 0 bridgehead atoms. The molecule has 1 spiro atoms. The number of fused-ring (bicyclic) bond motifs is 3. The van der Waals surface area contributed by atoms with E-state index in [0.717, 1.165) is 36.0 Å². The monoisotopic (exact) mass is 628 g/mol. The van der Waals surface area contributed by atoms with Crippen LogP contribution in [-0.4, -0.2) is 78.9 Å². The first kappa shape index (κ1) is 30.8. The van der Waals surface area contributed by atoms with E-state index in [2.05, 4.69) is 28.8 Å². The Labute approximate surface area is 268 Å². The van der Waals surface area contributed by atoms with Gasteiger partial charge in [0.25, 0.3) is 0 Å². The number of carbonyl (C=O) groups is 3. The molecule has 3 N–H and O–H groups in total. The second-order valence-electron chi connectivity index (χ2n) is 12.8. The average Bonchev–Trinajstić information content (AvgIpc) is 3.62. The number of aliphatic hydroxyl groups is 1. The van der Waals surface area contributed by atoms with Crippen LogP contribution in [-0.2, 0) is 41.4 Å². The molecule has 1 saturated carbocycles. The highest BCUT2D eigenvalue weighted by molar-refractivity contribution is 5.95. The second-order valence-corrected chi connectivity index (χ2v) is 12.8. The molecule has 2 amide bonds. The van der Waals surface area contributed by atoms with Crippen LogP contribution in [0.3, 0.4) is 0 Å². The standard InChI is InChI=1S/C36H40N2O8/c39-16-15-37-32(40)13-14-38-34(41)26-18-30(33-31(19-26)45-36(46-33)20-24-6-1-2-7-25(24)21-36)44-35(42)27-8-4-3-5-23(27)11-9-22-10-12-28-29(17-22)43-28/h1-9,11,19,22,28-31,33,39H,10,12-18,20-21H2,(H,37,40)(H,38,41). The quantitative estimate of drug-likeness (QED) is 0.270. The van der Waals surface area contributed by atoms with Crippen LogP contribution in [0.1, 0.15) is 59.2 Å². The van der Waals surface area contributed by atoms with E-state index in [1.807, 2.05) is 36.4 Å². The second kappa shape index (κ2) is 13.1. The molecule has 2 saturated heterocycles. The molecule has 2 aromatic rings. The lowest BCUT2D eigenvalue weighted by molar-refractivity contribution is -0.172. The van der Waals surface area contributed by atoms with E-state index in [0.29, 0.717) is 42.1 Å². The van der Waals surface area contributed by atoms with Crippen LogP contribution in [0.4, 0.5) is 0 Å². The van der Waals surface area contributed by atoms with Crippen molar-refractivity contribution in [2.24, 2.45) is 5.92 Å². The summed E-state index contributed by atoms with van der Waals surface area (Å²) in [5.74, 6) is -1.60. The Balaban J connectivity index is 1.07. The molecule has 46 heavy (non-hydrogen) atoms. The molecule has 6 unspecified atom stereocenters. The first-order chi connectivity index (χ1) is 22.4. The van der Waals surface area contributed by atoms with Gasteiger partial charge in [0, 0.05) is 44.3 Å². The largest absolute Gasteiger partial charge is 0.456 e. The Morgan fingerprint density at radius 1 is 0.957 bits per heavy atom. The zero-order valence-corrected chi connectivity index (χ0v) is 25.7. The Bertz CT molecular complexity index is 1530. The highest BCUT2D eigenvalue weighted by atomic mass is 16.8. The summed E-state index contributed by atoms with van der Waals surface area (Å²) in [6.45, 7) is 0.128. The molecule has 2 aliphatic heterocycles. The molecule has 3 aliphatic carbocycles. The van der Waals surface area contributed by atoms with Crippen molar-refractivity contribution in [3.05, 3.63) is 88.5 Å². The number of carbonyl (C=O) groups excluding carboxylic acids is 3. The molecular formula is C36H40N2O8. The van der Waals surface area contributed by atoms with Crippen molar-refractivity contribution in [2.45, 2.75) is 81.3 Å². The number of esters is 1. The number of aliphatic hydroxyl groups excluding tert-OH is 1. The van der Waals surface area contributed by atoms with E-state index >= 15 is 0 Å². The molecule has 0 aromatic heterocycles. The molecule has 7 rings (SSSR count). The number of epoxide rings is 1. The molecule has 3 fully saturated rings. The van der Waals surface area contributed by atoms with Gasteiger partial charge >= 0.3 is 5.97 Å². The fraction of sp³-hybridized carbons (Fsp3) is 0.472. The lowest BCUT2D eigenvalue weighted by atomic mass is 9.88. The molecule has 6 atom stereocenters. The summed E-state index contributed by atoms with van der Waals surface area (Å²) in [6, 6.07) is 15.5. The van der Waals surface area contributed by atoms with E-state index in [4.69, 9.17) is 24.1 Å². The first-order valence-corrected chi connectivity index (χ1v) is 16.3. The van der Waals surface area contributed by atoms with Gasteiger partial charge in [-0.05, 0) is 54.0 Å². The number of hydrogen-bond acceptors (Lipinski definition) is 8. The Morgan fingerprint density at radius 3 is 2.52 bits per heavy atom. The number of hydrogen-bond donors (Lipinski definition) is 3. The van der Waals surface area contributed by atoms with Gasteiger partial charge < -0.3 is 34.7 Å². The van der Waals surface area contributed by atoms with Crippen molar-refractivity contribution in [2.75, 3.05) is 19.7 Å². The van der Waals surface area contributed by atoms with Crippen molar-refractivity contribution >= 4 is 23.9 Å². The Kier molecular flexibility index (Phi) is 8.78. The zero-order valence-electron chi connectivity index (χ0n) is 25.7. The van der Waals surface area contributed by atoms with Gasteiger partial charge in [0.15, 0.2) is 5.79 Å². The highest BCUT2D eigenvalue weighted by Gasteiger charge is 2.55. The van der Waals surface area contributed by atoms with E-state index in [-0.39, 0.29) is 44.4 Å². The molecular weight excluding hydrogens is 588 g/mol. The fourth-order valence-electron chi connectivity index (χ4n) is 7.23. The number of benzene rings is 2. The minimum atomic E-state index is -0.901. The van der Waals surface area contributed by atoms with E-state index in [1.165, 1.54) is 0 Å². The number of ether oxygens (including phenoxy) is 4.